The molecule has 1 aliphatic rings. The lowest BCUT2D eigenvalue weighted by molar-refractivity contribution is -0.0824. The number of hydrogen-bond acceptors (Lipinski definition) is 4. The number of hydrogen-bond donors (Lipinski definition) is 2. The summed E-state index contributed by atoms with van der Waals surface area (Å²) in [5.74, 6) is 0.248. The standard InChI is InChI=1S/C14H28N2O3/c1-10(2)11-8-16(7-6-14(11,18)9-15)12(17)19-13(3,4)5/h10-11,18H,6-9,15H2,1-5H3. The van der Waals surface area contributed by atoms with E-state index in [-0.39, 0.29) is 24.5 Å². The summed E-state index contributed by atoms with van der Waals surface area (Å²) in [6.07, 6.45) is 0.197. The maximum atomic E-state index is 12.1. The summed E-state index contributed by atoms with van der Waals surface area (Å²) in [5.41, 5.74) is 4.34. The Morgan fingerprint density at radius 3 is 2.53 bits per heavy atom. The van der Waals surface area contributed by atoms with Gasteiger partial charge in [0.15, 0.2) is 0 Å². The summed E-state index contributed by atoms with van der Waals surface area (Å²) in [4.78, 5) is 13.8. The van der Waals surface area contributed by atoms with Crippen molar-refractivity contribution in [2.45, 2.75) is 52.2 Å². The smallest absolute Gasteiger partial charge is 0.410 e. The lowest BCUT2D eigenvalue weighted by Gasteiger charge is -2.46. The molecule has 0 aromatic heterocycles. The van der Waals surface area contributed by atoms with E-state index in [0.29, 0.717) is 19.5 Å². The van der Waals surface area contributed by atoms with Crippen molar-refractivity contribution in [1.29, 1.82) is 0 Å². The van der Waals surface area contributed by atoms with Gasteiger partial charge in [0, 0.05) is 25.6 Å². The molecule has 0 aromatic rings. The van der Waals surface area contributed by atoms with Crippen molar-refractivity contribution in [2.24, 2.45) is 17.6 Å². The molecular weight excluding hydrogens is 244 g/mol. The monoisotopic (exact) mass is 272 g/mol. The van der Waals surface area contributed by atoms with Gasteiger partial charge in [-0.05, 0) is 33.1 Å². The third-order valence-corrected chi connectivity index (χ3v) is 3.73. The summed E-state index contributed by atoms with van der Waals surface area (Å²) in [5, 5.41) is 10.5. The van der Waals surface area contributed by atoms with Crippen LogP contribution in [0.3, 0.4) is 0 Å². The largest absolute Gasteiger partial charge is 0.444 e. The zero-order valence-corrected chi connectivity index (χ0v) is 12.8. The molecule has 5 nitrogen and oxygen atoms in total. The molecule has 2 unspecified atom stereocenters. The minimum atomic E-state index is -0.868. The van der Waals surface area contributed by atoms with Gasteiger partial charge in [0.25, 0.3) is 0 Å². The summed E-state index contributed by atoms with van der Waals surface area (Å²) in [7, 11) is 0. The summed E-state index contributed by atoms with van der Waals surface area (Å²) in [6.45, 7) is 10.9. The minimum Gasteiger partial charge on any atom is -0.444 e. The van der Waals surface area contributed by atoms with E-state index in [2.05, 4.69) is 0 Å². The predicted octanol–water partition coefficient (Wildman–Crippen LogP) is 1.59. The van der Waals surface area contributed by atoms with Gasteiger partial charge in [-0.3, -0.25) is 0 Å². The lowest BCUT2D eigenvalue weighted by atomic mass is 9.75. The van der Waals surface area contributed by atoms with Gasteiger partial charge < -0.3 is 20.5 Å². The van der Waals surface area contributed by atoms with E-state index in [1.165, 1.54) is 0 Å². The molecule has 0 saturated carbocycles. The predicted molar refractivity (Wildman–Crippen MR) is 74.8 cm³/mol. The Morgan fingerprint density at radius 2 is 2.11 bits per heavy atom. The SMILES string of the molecule is CC(C)C1CN(C(=O)OC(C)(C)C)CCC1(O)CN. The highest BCUT2D eigenvalue weighted by molar-refractivity contribution is 5.68. The number of nitrogens with two attached hydrogens (primary N) is 1. The molecular formula is C14H28N2O3. The first kappa shape index (κ1) is 16.2. The van der Waals surface area contributed by atoms with Crippen LogP contribution < -0.4 is 5.73 Å². The molecule has 1 rings (SSSR count). The van der Waals surface area contributed by atoms with Crippen LogP contribution in [-0.2, 0) is 4.74 Å². The van der Waals surface area contributed by atoms with Gasteiger partial charge in [-0.1, -0.05) is 13.8 Å². The zero-order chi connectivity index (χ0) is 14.8. The van der Waals surface area contributed by atoms with E-state index < -0.39 is 11.2 Å². The zero-order valence-electron chi connectivity index (χ0n) is 12.8. The number of amides is 1. The van der Waals surface area contributed by atoms with E-state index in [4.69, 9.17) is 10.5 Å². The van der Waals surface area contributed by atoms with Crippen molar-refractivity contribution >= 4 is 6.09 Å². The molecule has 1 aliphatic heterocycles. The van der Waals surface area contributed by atoms with Crippen LogP contribution in [0.1, 0.15) is 41.0 Å². The molecule has 1 fully saturated rings. The molecule has 112 valence electrons. The number of piperidine rings is 1. The molecule has 5 heteroatoms. The molecule has 1 heterocycles. The van der Waals surface area contributed by atoms with Crippen molar-refractivity contribution in [3.8, 4) is 0 Å². The second kappa shape index (κ2) is 5.67. The lowest BCUT2D eigenvalue weighted by Crippen LogP contribution is -2.58. The van der Waals surface area contributed by atoms with Crippen LogP contribution >= 0.6 is 0 Å². The quantitative estimate of drug-likeness (QED) is 0.800. The number of carbonyl (C=O) groups excluding carboxylic acids is 1. The van der Waals surface area contributed by atoms with Crippen LogP contribution in [0.15, 0.2) is 0 Å². The first-order valence-electron chi connectivity index (χ1n) is 6.99. The van der Waals surface area contributed by atoms with E-state index >= 15 is 0 Å². The van der Waals surface area contributed by atoms with Crippen molar-refractivity contribution in [1.82, 2.24) is 4.90 Å². The summed E-state index contributed by atoms with van der Waals surface area (Å²) < 4.78 is 5.38. The summed E-state index contributed by atoms with van der Waals surface area (Å²) in [6, 6.07) is 0. The molecule has 0 radical (unpaired) electrons. The van der Waals surface area contributed by atoms with Crippen LogP contribution in [-0.4, -0.2) is 46.9 Å². The fraction of sp³-hybridized carbons (Fsp3) is 0.929. The highest BCUT2D eigenvalue weighted by Crippen LogP contribution is 2.33. The molecule has 0 aromatic carbocycles. The molecule has 2 atom stereocenters. The summed E-state index contributed by atoms with van der Waals surface area (Å²) >= 11 is 0. The Morgan fingerprint density at radius 1 is 1.53 bits per heavy atom. The van der Waals surface area contributed by atoms with Gasteiger partial charge in [-0.25, -0.2) is 4.79 Å². The highest BCUT2D eigenvalue weighted by atomic mass is 16.6. The maximum absolute atomic E-state index is 12.1. The van der Waals surface area contributed by atoms with Gasteiger partial charge in [-0.2, -0.15) is 0 Å². The Labute approximate surface area is 116 Å². The first-order chi connectivity index (χ1) is 8.59. The van der Waals surface area contributed by atoms with Crippen LogP contribution in [0.25, 0.3) is 0 Å². The fourth-order valence-electron chi connectivity index (χ4n) is 2.59. The van der Waals surface area contributed by atoms with Gasteiger partial charge >= 0.3 is 6.09 Å². The number of rotatable bonds is 2. The molecule has 1 amide bonds. The fourth-order valence-corrected chi connectivity index (χ4v) is 2.59. The van der Waals surface area contributed by atoms with Crippen LogP contribution in [0, 0.1) is 11.8 Å². The number of likely N-dealkylation sites (tertiary alicyclic amines) is 1. The Hall–Kier alpha value is -0.810. The average Bonchev–Trinajstić information content (AvgIpc) is 2.26. The number of nitrogens with zero attached hydrogens (tertiary/aromatic N) is 1. The maximum Gasteiger partial charge on any atom is 0.410 e. The number of aliphatic hydroxyl groups is 1. The van der Waals surface area contributed by atoms with E-state index in [9.17, 15) is 9.90 Å². The van der Waals surface area contributed by atoms with Gasteiger partial charge in [0.1, 0.15) is 5.60 Å². The molecule has 3 N–H and O–H groups in total. The van der Waals surface area contributed by atoms with E-state index in [1.54, 1.807) is 4.90 Å². The Bertz CT molecular complexity index is 325. The number of carbonyl (C=O) groups is 1. The molecule has 1 saturated heterocycles. The molecule has 0 spiro atoms. The van der Waals surface area contributed by atoms with Gasteiger partial charge in [0.05, 0.1) is 5.60 Å². The van der Waals surface area contributed by atoms with Gasteiger partial charge in [-0.15, -0.1) is 0 Å². The highest BCUT2D eigenvalue weighted by Gasteiger charge is 2.43. The van der Waals surface area contributed by atoms with Crippen LogP contribution in [0.4, 0.5) is 4.79 Å². The van der Waals surface area contributed by atoms with E-state index in [1.807, 2.05) is 34.6 Å². The van der Waals surface area contributed by atoms with Crippen molar-refractivity contribution in [3.05, 3.63) is 0 Å². The average molecular weight is 272 g/mol. The third-order valence-electron chi connectivity index (χ3n) is 3.73. The molecule has 19 heavy (non-hydrogen) atoms. The van der Waals surface area contributed by atoms with Crippen LogP contribution in [0.5, 0.6) is 0 Å². The normalized spacial score (nSPS) is 28.6. The van der Waals surface area contributed by atoms with Gasteiger partial charge in [0.2, 0.25) is 0 Å². The topological polar surface area (TPSA) is 75.8 Å². The van der Waals surface area contributed by atoms with Crippen molar-refractivity contribution < 1.29 is 14.6 Å². The second-order valence-corrected chi connectivity index (χ2v) is 6.83. The van der Waals surface area contributed by atoms with Crippen LogP contribution in [0.2, 0.25) is 0 Å². The van der Waals surface area contributed by atoms with Crippen molar-refractivity contribution in [3.63, 3.8) is 0 Å². The first-order valence-corrected chi connectivity index (χ1v) is 6.99. The molecule has 0 aliphatic carbocycles. The van der Waals surface area contributed by atoms with Crippen molar-refractivity contribution in [2.75, 3.05) is 19.6 Å². The Kier molecular flexibility index (Phi) is 4.85. The number of ether oxygens (including phenoxy) is 1. The Balaban J connectivity index is 2.75. The minimum absolute atomic E-state index is 0.0150. The third kappa shape index (κ3) is 4.08. The second-order valence-electron chi connectivity index (χ2n) is 6.83. The van der Waals surface area contributed by atoms with E-state index in [0.717, 1.165) is 0 Å². The molecule has 0 bridgehead atoms.